The van der Waals surface area contributed by atoms with Crippen molar-refractivity contribution in [1.29, 1.82) is 0 Å². The van der Waals surface area contributed by atoms with E-state index in [2.05, 4.69) is 24.0 Å². The van der Waals surface area contributed by atoms with Gasteiger partial charge in [-0.2, -0.15) is 11.8 Å². The van der Waals surface area contributed by atoms with Crippen molar-refractivity contribution < 1.29 is 4.74 Å². The molecule has 0 radical (unpaired) electrons. The molecular formula is C11H21NOS. The number of ether oxygens (including phenoxy) is 1. The Balaban J connectivity index is 1.77. The van der Waals surface area contributed by atoms with Crippen LogP contribution < -0.4 is 5.32 Å². The largest absolute Gasteiger partial charge is 0.378 e. The average Bonchev–Trinajstić information content (AvgIpc) is 2.80. The Bertz CT molecular complexity index is 171. The lowest BCUT2D eigenvalue weighted by atomic mass is 9.95. The van der Waals surface area contributed by atoms with Gasteiger partial charge in [-0.15, -0.1) is 0 Å². The Labute approximate surface area is 91.2 Å². The Morgan fingerprint density at radius 1 is 1.43 bits per heavy atom. The first-order chi connectivity index (χ1) is 6.90. The first-order valence-electron chi connectivity index (χ1n) is 5.83. The summed E-state index contributed by atoms with van der Waals surface area (Å²) in [6.07, 6.45) is 4.42. The maximum Gasteiger partial charge on any atom is 0.0579 e. The molecule has 3 heteroatoms. The minimum atomic E-state index is 0.569. The topological polar surface area (TPSA) is 21.3 Å². The minimum absolute atomic E-state index is 0.569. The molecule has 2 aliphatic rings. The lowest BCUT2D eigenvalue weighted by Crippen LogP contribution is -2.36. The van der Waals surface area contributed by atoms with E-state index in [0.29, 0.717) is 6.10 Å². The zero-order valence-electron chi connectivity index (χ0n) is 9.00. The van der Waals surface area contributed by atoms with E-state index in [1.165, 1.54) is 30.8 Å². The van der Waals surface area contributed by atoms with Crippen molar-refractivity contribution in [3.63, 3.8) is 0 Å². The summed E-state index contributed by atoms with van der Waals surface area (Å²) in [4.78, 5) is 0. The monoisotopic (exact) mass is 215 g/mol. The van der Waals surface area contributed by atoms with Gasteiger partial charge in [-0.25, -0.2) is 0 Å². The molecule has 2 fully saturated rings. The van der Waals surface area contributed by atoms with Crippen LogP contribution in [0.5, 0.6) is 0 Å². The molecular weight excluding hydrogens is 194 g/mol. The second-order valence-corrected chi connectivity index (χ2v) is 5.41. The fourth-order valence-corrected chi connectivity index (χ4v) is 3.94. The summed E-state index contributed by atoms with van der Waals surface area (Å²) in [6.45, 7) is 4.30. The van der Waals surface area contributed by atoms with E-state index in [0.717, 1.165) is 25.1 Å². The van der Waals surface area contributed by atoms with Crippen LogP contribution in [0.15, 0.2) is 0 Å². The quantitative estimate of drug-likeness (QED) is 0.774. The van der Waals surface area contributed by atoms with Crippen LogP contribution in [0.1, 0.15) is 26.2 Å². The predicted octanol–water partition coefficient (Wildman–Crippen LogP) is 1.90. The summed E-state index contributed by atoms with van der Waals surface area (Å²) in [6, 6.07) is 0.745. The molecule has 14 heavy (non-hydrogen) atoms. The Hall–Kier alpha value is 0.270. The van der Waals surface area contributed by atoms with Crippen molar-refractivity contribution in [1.82, 2.24) is 5.32 Å². The molecule has 1 N–H and O–H groups in total. The van der Waals surface area contributed by atoms with Crippen LogP contribution >= 0.6 is 11.8 Å². The van der Waals surface area contributed by atoms with Crippen LogP contribution in [-0.4, -0.2) is 36.8 Å². The van der Waals surface area contributed by atoms with E-state index in [-0.39, 0.29) is 0 Å². The number of hydrogen-bond acceptors (Lipinski definition) is 3. The highest BCUT2D eigenvalue weighted by Crippen LogP contribution is 2.30. The molecule has 0 saturated carbocycles. The normalized spacial score (nSPS) is 37.9. The fourth-order valence-electron chi connectivity index (χ4n) is 2.49. The van der Waals surface area contributed by atoms with Crippen molar-refractivity contribution >= 4 is 11.8 Å². The van der Waals surface area contributed by atoms with Gasteiger partial charge < -0.3 is 10.1 Å². The maximum absolute atomic E-state index is 5.70. The number of hydrogen-bond donors (Lipinski definition) is 1. The SMILES string of the molecule is CCNC1CSCC1CC1CCCO1. The highest BCUT2D eigenvalue weighted by atomic mass is 32.2. The predicted molar refractivity (Wildman–Crippen MR) is 61.9 cm³/mol. The van der Waals surface area contributed by atoms with Gasteiger partial charge in [-0.3, -0.25) is 0 Å². The molecule has 2 heterocycles. The van der Waals surface area contributed by atoms with Crippen molar-refractivity contribution in [3.8, 4) is 0 Å². The average molecular weight is 215 g/mol. The Kier molecular flexibility index (Phi) is 4.14. The molecule has 2 nitrogen and oxygen atoms in total. The summed E-state index contributed by atoms with van der Waals surface area (Å²) >= 11 is 2.10. The standard InChI is InChI=1S/C11H21NOS/c1-2-12-11-8-14-7-9(11)6-10-4-3-5-13-10/h9-12H,2-8H2,1H3. The first-order valence-corrected chi connectivity index (χ1v) is 6.98. The molecule has 2 rings (SSSR count). The highest BCUT2D eigenvalue weighted by Gasteiger charge is 2.30. The van der Waals surface area contributed by atoms with Gasteiger partial charge in [0.15, 0.2) is 0 Å². The molecule has 0 amide bonds. The fraction of sp³-hybridized carbons (Fsp3) is 1.00. The molecule has 2 saturated heterocycles. The summed E-state index contributed by atoms with van der Waals surface area (Å²) in [5, 5.41) is 3.59. The van der Waals surface area contributed by atoms with Crippen LogP contribution in [0.3, 0.4) is 0 Å². The summed E-state index contributed by atoms with van der Waals surface area (Å²) in [7, 11) is 0. The van der Waals surface area contributed by atoms with Gasteiger partial charge in [0.1, 0.15) is 0 Å². The van der Waals surface area contributed by atoms with Crippen LogP contribution in [0.2, 0.25) is 0 Å². The minimum Gasteiger partial charge on any atom is -0.378 e. The number of nitrogens with one attached hydrogen (secondary N) is 1. The third kappa shape index (κ3) is 2.65. The van der Waals surface area contributed by atoms with E-state index in [1.54, 1.807) is 0 Å². The lowest BCUT2D eigenvalue weighted by Gasteiger charge is -2.22. The highest BCUT2D eigenvalue weighted by molar-refractivity contribution is 7.99. The first kappa shape index (κ1) is 10.8. The molecule has 0 bridgehead atoms. The number of rotatable bonds is 4. The molecule has 0 aromatic rings. The summed E-state index contributed by atoms with van der Waals surface area (Å²) in [5.41, 5.74) is 0. The van der Waals surface area contributed by atoms with E-state index >= 15 is 0 Å². The van der Waals surface area contributed by atoms with E-state index in [9.17, 15) is 0 Å². The summed E-state index contributed by atoms with van der Waals surface area (Å²) < 4.78 is 5.70. The van der Waals surface area contributed by atoms with Crippen molar-refractivity contribution in [2.45, 2.75) is 38.3 Å². The van der Waals surface area contributed by atoms with Crippen LogP contribution in [0.25, 0.3) is 0 Å². The third-order valence-corrected chi connectivity index (χ3v) is 4.51. The van der Waals surface area contributed by atoms with Crippen LogP contribution in [0, 0.1) is 5.92 Å². The molecule has 0 spiro atoms. The molecule has 3 atom stereocenters. The zero-order valence-corrected chi connectivity index (χ0v) is 9.81. The maximum atomic E-state index is 5.70. The molecule has 3 unspecified atom stereocenters. The molecule has 0 aromatic carbocycles. The second-order valence-electron chi connectivity index (χ2n) is 4.33. The Morgan fingerprint density at radius 2 is 2.36 bits per heavy atom. The van der Waals surface area contributed by atoms with E-state index in [4.69, 9.17) is 4.74 Å². The zero-order chi connectivity index (χ0) is 9.80. The summed E-state index contributed by atoms with van der Waals surface area (Å²) in [5.74, 6) is 3.48. The third-order valence-electron chi connectivity index (χ3n) is 3.25. The van der Waals surface area contributed by atoms with Gasteiger partial charge in [0.25, 0.3) is 0 Å². The molecule has 82 valence electrons. The van der Waals surface area contributed by atoms with E-state index < -0.39 is 0 Å². The van der Waals surface area contributed by atoms with Gasteiger partial charge in [0.05, 0.1) is 6.10 Å². The van der Waals surface area contributed by atoms with Crippen LogP contribution in [0.4, 0.5) is 0 Å². The Morgan fingerprint density at radius 3 is 3.07 bits per heavy atom. The van der Waals surface area contributed by atoms with E-state index in [1.807, 2.05) is 0 Å². The van der Waals surface area contributed by atoms with Crippen molar-refractivity contribution in [2.75, 3.05) is 24.7 Å². The lowest BCUT2D eigenvalue weighted by molar-refractivity contribution is 0.0889. The van der Waals surface area contributed by atoms with Gasteiger partial charge >= 0.3 is 0 Å². The van der Waals surface area contributed by atoms with Gasteiger partial charge in [-0.1, -0.05) is 6.92 Å². The second kappa shape index (κ2) is 5.38. The smallest absolute Gasteiger partial charge is 0.0579 e. The molecule has 0 aliphatic carbocycles. The van der Waals surface area contributed by atoms with Gasteiger partial charge in [0.2, 0.25) is 0 Å². The van der Waals surface area contributed by atoms with Crippen molar-refractivity contribution in [3.05, 3.63) is 0 Å². The van der Waals surface area contributed by atoms with Gasteiger partial charge in [0, 0.05) is 18.4 Å². The molecule has 2 aliphatic heterocycles. The van der Waals surface area contributed by atoms with Gasteiger partial charge in [-0.05, 0) is 37.5 Å². The van der Waals surface area contributed by atoms with Crippen LogP contribution in [-0.2, 0) is 4.74 Å². The van der Waals surface area contributed by atoms with Crippen molar-refractivity contribution in [2.24, 2.45) is 5.92 Å². The molecule has 0 aromatic heterocycles. The number of thioether (sulfide) groups is 1.